The molecule has 2 N–H and O–H groups in total. The summed E-state index contributed by atoms with van der Waals surface area (Å²) in [5.41, 5.74) is 4.51. The lowest BCUT2D eigenvalue weighted by Gasteiger charge is -2.29. The number of amides is 2. The first-order valence-corrected chi connectivity index (χ1v) is 13.9. The van der Waals surface area contributed by atoms with Crippen molar-refractivity contribution in [1.29, 1.82) is 0 Å². The van der Waals surface area contributed by atoms with Crippen molar-refractivity contribution in [2.24, 2.45) is 0 Å². The molecule has 0 atom stereocenters. The van der Waals surface area contributed by atoms with Gasteiger partial charge >= 0.3 is 6.03 Å². The van der Waals surface area contributed by atoms with Crippen molar-refractivity contribution in [2.45, 2.75) is 13.3 Å². The second-order valence-corrected chi connectivity index (χ2v) is 10.3. The van der Waals surface area contributed by atoms with Crippen LogP contribution in [0.4, 0.5) is 26.4 Å². The molecule has 43 heavy (non-hydrogen) atoms. The lowest BCUT2D eigenvalue weighted by molar-refractivity contribution is -0.116. The number of benzene rings is 3. The van der Waals surface area contributed by atoms with Crippen LogP contribution in [0.1, 0.15) is 12.5 Å². The van der Waals surface area contributed by atoms with Gasteiger partial charge in [-0.25, -0.2) is 19.2 Å². The summed E-state index contributed by atoms with van der Waals surface area (Å²) >= 11 is 0. The Hall–Kier alpha value is -5.22. The van der Waals surface area contributed by atoms with Crippen molar-refractivity contribution in [3.8, 4) is 22.5 Å². The smallest absolute Gasteiger partial charge is 0.323 e. The molecule has 1 fully saturated rings. The number of pyridine rings is 1. The zero-order valence-electron chi connectivity index (χ0n) is 23.5. The van der Waals surface area contributed by atoms with Gasteiger partial charge in [0.2, 0.25) is 0 Å². The van der Waals surface area contributed by atoms with E-state index in [4.69, 9.17) is 14.7 Å². The van der Waals surface area contributed by atoms with E-state index in [-0.39, 0.29) is 11.5 Å². The highest BCUT2D eigenvalue weighted by Gasteiger charge is 2.19. The van der Waals surface area contributed by atoms with Gasteiger partial charge in [0.25, 0.3) is 0 Å². The Bertz CT molecular complexity index is 1790. The van der Waals surface area contributed by atoms with Crippen LogP contribution < -0.4 is 15.5 Å². The number of rotatable bonds is 7. The van der Waals surface area contributed by atoms with Crippen molar-refractivity contribution in [2.75, 3.05) is 41.8 Å². The van der Waals surface area contributed by atoms with Gasteiger partial charge < -0.3 is 20.3 Å². The maximum absolute atomic E-state index is 15.3. The summed E-state index contributed by atoms with van der Waals surface area (Å²) in [6.07, 6.45) is 3.85. The molecular weight excluding hydrogens is 547 g/mol. The number of ketones is 1. The molecule has 0 unspecified atom stereocenters. The number of nitrogens with one attached hydrogen (secondary N) is 2. The molecule has 2 aromatic heterocycles. The van der Waals surface area contributed by atoms with Crippen LogP contribution in [-0.2, 0) is 16.0 Å². The lowest BCUT2D eigenvalue weighted by Crippen LogP contribution is -2.37. The Morgan fingerprint density at radius 1 is 0.907 bits per heavy atom. The zero-order chi connectivity index (χ0) is 29.8. The molecule has 10 heteroatoms. The first kappa shape index (κ1) is 27.9. The summed E-state index contributed by atoms with van der Waals surface area (Å²) < 4.78 is 20.8. The molecule has 6 rings (SSSR count). The molecule has 216 valence electrons. The quantitative estimate of drug-likeness (QED) is 0.241. The normalized spacial score (nSPS) is 13.1. The molecule has 0 bridgehead atoms. The molecule has 1 aliphatic rings. The second kappa shape index (κ2) is 12.3. The van der Waals surface area contributed by atoms with Crippen LogP contribution >= 0.6 is 0 Å². The number of carbonyl (C=O) groups is 2. The van der Waals surface area contributed by atoms with E-state index < -0.39 is 11.8 Å². The van der Waals surface area contributed by atoms with Crippen LogP contribution in [0, 0.1) is 5.82 Å². The average molecular weight is 577 g/mol. The minimum atomic E-state index is -0.620. The van der Waals surface area contributed by atoms with Gasteiger partial charge in [0.15, 0.2) is 5.82 Å². The SMILES string of the molecule is CC(=O)Cc1ccc(NC(=O)Nc2ccc(-c3nc(N4CCOCC4)c4ccc(-c5cccnc5)cc4n3)cc2F)cc1. The lowest BCUT2D eigenvalue weighted by atomic mass is 10.0. The van der Waals surface area contributed by atoms with Gasteiger partial charge in [-0.05, 0) is 66.6 Å². The fourth-order valence-corrected chi connectivity index (χ4v) is 5.00. The van der Waals surface area contributed by atoms with Gasteiger partial charge in [-0.2, -0.15) is 0 Å². The van der Waals surface area contributed by atoms with E-state index in [9.17, 15) is 9.59 Å². The predicted octanol–water partition coefficient (Wildman–Crippen LogP) is 6.11. The molecule has 0 spiro atoms. The van der Waals surface area contributed by atoms with Crippen molar-refractivity contribution in [3.63, 3.8) is 0 Å². The molecule has 2 amide bonds. The minimum absolute atomic E-state index is 0.0162. The molecule has 1 aliphatic heterocycles. The number of anilines is 3. The maximum atomic E-state index is 15.3. The average Bonchev–Trinajstić information content (AvgIpc) is 3.03. The molecular formula is C33H29FN6O3. The van der Waals surface area contributed by atoms with Crippen LogP contribution in [0.2, 0.25) is 0 Å². The molecule has 3 heterocycles. The molecule has 3 aromatic carbocycles. The van der Waals surface area contributed by atoms with Gasteiger partial charge in [0.1, 0.15) is 17.4 Å². The van der Waals surface area contributed by atoms with Gasteiger partial charge in [-0.15, -0.1) is 0 Å². The number of carbonyl (C=O) groups excluding carboxylic acids is 2. The Morgan fingerprint density at radius 2 is 1.70 bits per heavy atom. The summed E-state index contributed by atoms with van der Waals surface area (Å²) in [6.45, 7) is 4.07. The molecule has 1 saturated heterocycles. The van der Waals surface area contributed by atoms with Crippen molar-refractivity contribution in [1.82, 2.24) is 15.0 Å². The van der Waals surface area contributed by atoms with Gasteiger partial charge in [-0.3, -0.25) is 9.78 Å². The van der Waals surface area contributed by atoms with E-state index in [1.165, 1.54) is 19.1 Å². The first-order valence-electron chi connectivity index (χ1n) is 13.9. The fourth-order valence-electron chi connectivity index (χ4n) is 5.00. The monoisotopic (exact) mass is 576 g/mol. The van der Waals surface area contributed by atoms with Crippen molar-refractivity contribution >= 4 is 39.9 Å². The highest BCUT2D eigenvalue weighted by molar-refractivity contribution is 6.00. The number of halogens is 1. The van der Waals surface area contributed by atoms with Gasteiger partial charge in [0, 0.05) is 54.1 Å². The molecule has 9 nitrogen and oxygen atoms in total. The number of urea groups is 1. The van der Waals surface area contributed by atoms with Crippen LogP contribution in [0.5, 0.6) is 0 Å². The highest BCUT2D eigenvalue weighted by Crippen LogP contribution is 2.32. The van der Waals surface area contributed by atoms with Crippen molar-refractivity contribution < 1.29 is 18.7 Å². The summed E-state index contributed by atoms with van der Waals surface area (Å²) in [4.78, 5) is 40.0. The number of fused-ring (bicyclic) bond motifs is 1. The third-order valence-corrected chi connectivity index (χ3v) is 7.12. The van der Waals surface area contributed by atoms with Crippen molar-refractivity contribution in [3.05, 3.63) is 96.6 Å². The summed E-state index contributed by atoms with van der Waals surface area (Å²) in [5.74, 6) is 0.568. The predicted molar refractivity (Wildman–Crippen MR) is 165 cm³/mol. The largest absolute Gasteiger partial charge is 0.378 e. The molecule has 0 saturated carbocycles. The first-order chi connectivity index (χ1) is 20.9. The number of morpholine rings is 1. The van der Waals surface area contributed by atoms with E-state index in [1.54, 1.807) is 42.7 Å². The summed E-state index contributed by atoms with van der Waals surface area (Å²) in [6, 6.07) is 20.7. The van der Waals surface area contributed by atoms with E-state index >= 15 is 4.39 Å². The number of hydrogen-bond donors (Lipinski definition) is 2. The van der Waals surface area contributed by atoms with E-state index in [0.717, 1.165) is 33.4 Å². The summed E-state index contributed by atoms with van der Waals surface area (Å²) in [5, 5.41) is 6.13. The fraction of sp³-hybridized carbons (Fsp3) is 0.182. The summed E-state index contributed by atoms with van der Waals surface area (Å²) in [7, 11) is 0. The number of Topliss-reactive ketones (excluding diaryl/α,β-unsaturated/α-hetero) is 1. The zero-order valence-corrected chi connectivity index (χ0v) is 23.5. The second-order valence-electron chi connectivity index (χ2n) is 10.3. The molecule has 0 aliphatic carbocycles. The minimum Gasteiger partial charge on any atom is -0.378 e. The van der Waals surface area contributed by atoms with Crippen LogP contribution in [-0.4, -0.2) is 53.1 Å². The molecule has 5 aromatic rings. The number of hydrogen-bond acceptors (Lipinski definition) is 7. The maximum Gasteiger partial charge on any atom is 0.323 e. The third kappa shape index (κ3) is 6.49. The van der Waals surface area contributed by atoms with Gasteiger partial charge in [0.05, 0.1) is 24.4 Å². The third-order valence-electron chi connectivity index (χ3n) is 7.12. The van der Waals surface area contributed by atoms with Crippen LogP contribution in [0.15, 0.2) is 85.2 Å². The number of aromatic nitrogens is 3. The Balaban J connectivity index is 1.27. The highest BCUT2D eigenvalue weighted by atomic mass is 19.1. The Kier molecular flexibility index (Phi) is 8.01. The van der Waals surface area contributed by atoms with Gasteiger partial charge in [-0.1, -0.05) is 24.3 Å². The van der Waals surface area contributed by atoms with E-state index in [1.807, 2.05) is 30.3 Å². The molecule has 0 radical (unpaired) electrons. The van der Waals surface area contributed by atoms with Crippen LogP contribution in [0.25, 0.3) is 33.4 Å². The topological polar surface area (TPSA) is 109 Å². The van der Waals surface area contributed by atoms with E-state index in [0.29, 0.717) is 49.8 Å². The number of ether oxygens (including phenoxy) is 1. The standard InChI is InChI=1S/C33H29FN6O3/c1-21(41)17-22-4-8-26(9-5-22)36-33(42)38-29-11-7-24(18-28(29)34)31-37-30-19-23(25-3-2-12-35-20-25)6-10-27(30)32(39-31)40-13-15-43-16-14-40/h2-12,18-20H,13-17H2,1H3,(H2,36,38,42). The Morgan fingerprint density at radius 3 is 2.42 bits per heavy atom. The van der Waals surface area contributed by atoms with Crippen LogP contribution in [0.3, 0.4) is 0 Å². The number of nitrogens with zero attached hydrogens (tertiary/aromatic N) is 4. The Labute approximate surface area is 247 Å². The van der Waals surface area contributed by atoms with E-state index in [2.05, 4.69) is 20.5 Å².